The van der Waals surface area contributed by atoms with Gasteiger partial charge in [0.2, 0.25) is 0 Å². The van der Waals surface area contributed by atoms with Crippen molar-refractivity contribution in [2.75, 3.05) is 59.2 Å². The Morgan fingerprint density at radius 1 is 1.24 bits per heavy atom. The van der Waals surface area contributed by atoms with Crippen LogP contribution in [0.15, 0.2) is 18.3 Å². The summed E-state index contributed by atoms with van der Waals surface area (Å²) in [5.41, 5.74) is 0.260. The highest BCUT2D eigenvalue weighted by Crippen LogP contribution is 2.33. The van der Waals surface area contributed by atoms with Crippen LogP contribution in [-0.2, 0) is 14.2 Å². The minimum Gasteiger partial charge on any atom is -0.379 e. The largest absolute Gasteiger partial charge is 0.379 e. The summed E-state index contributed by atoms with van der Waals surface area (Å²) in [5.74, 6) is 0.0232. The molecule has 0 aromatic carbocycles. The number of hydrogen-bond acceptors (Lipinski definition) is 5. The minimum absolute atomic E-state index is 0.0232. The zero-order valence-corrected chi connectivity index (χ0v) is 14.6. The average molecular weight is 349 g/mol. The summed E-state index contributed by atoms with van der Waals surface area (Å²) >= 11 is 0. The van der Waals surface area contributed by atoms with Crippen molar-refractivity contribution >= 4 is 5.91 Å². The number of amides is 1. The molecule has 0 unspecified atom stereocenters. The number of rotatable bonds is 3. The van der Waals surface area contributed by atoms with Gasteiger partial charge < -0.3 is 24.1 Å². The zero-order chi connectivity index (χ0) is 17.1. The van der Waals surface area contributed by atoms with E-state index >= 15 is 0 Å². The lowest BCUT2D eigenvalue weighted by Gasteiger charge is -2.33. The van der Waals surface area contributed by atoms with Gasteiger partial charge in [0.1, 0.15) is 11.3 Å². The van der Waals surface area contributed by atoms with E-state index in [9.17, 15) is 4.79 Å². The van der Waals surface area contributed by atoms with E-state index in [-0.39, 0.29) is 17.6 Å². The molecule has 138 valence electrons. The summed E-state index contributed by atoms with van der Waals surface area (Å²) in [5, 5.41) is 0. The third kappa shape index (κ3) is 3.89. The summed E-state index contributed by atoms with van der Waals surface area (Å²) in [6.45, 7) is 6.84. The van der Waals surface area contributed by atoms with E-state index in [1.807, 2.05) is 17.0 Å². The average Bonchev–Trinajstić information content (AvgIpc) is 3.24. The topological polar surface area (TPSA) is 67.0 Å². The van der Waals surface area contributed by atoms with Crippen LogP contribution in [0.1, 0.15) is 23.3 Å². The van der Waals surface area contributed by atoms with Crippen LogP contribution < -0.4 is 0 Å². The molecule has 3 saturated heterocycles. The molecule has 2 atom stereocenters. The number of aromatic nitrogens is 1. The number of carbonyl (C=O) groups is 1. The molecular formula is C18H27N3O4. The van der Waals surface area contributed by atoms with Gasteiger partial charge in [0.25, 0.3) is 5.91 Å². The fourth-order valence-corrected chi connectivity index (χ4v) is 4.03. The zero-order valence-electron chi connectivity index (χ0n) is 14.6. The number of nitrogens with one attached hydrogen (secondary N) is 1. The Morgan fingerprint density at radius 3 is 2.88 bits per heavy atom. The predicted octanol–water partition coefficient (Wildman–Crippen LogP) is 0.737. The van der Waals surface area contributed by atoms with Crippen molar-refractivity contribution in [3.05, 3.63) is 24.0 Å². The lowest BCUT2D eigenvalue weighted by atomic mass is 10.00. The van der Waals surface area contributed by atoms with Crippen LogP contribution in [0, 0.1) is 0 Å². The molecule has 0 saturated carbocycles. The summed E-state index contributed by atoms with van der Waals surface area (Å²) in [7, 11) is 0. The quantitative estimate of drug-likeness (QED) is 0.872. The van der Waals surface area contributed by atoms with Gasteiger partial charge >= 0.3 is 0 Å². The lowest BCUT2D eigenvalue weighted by molar-refractivity contribution is -0.0945. The molecular weight excluding hydrogens is 322 g/mol. The van der Waals surface area contributed by atoms with E-state index in [1.165, 1.54) is 0 Å². The maximum absolute atomic E-state index is 12.7. The molecule has 7 heteroatoms. The molecule has 25 heavy (non-hydrogen) atoms. The number of nitrogens with zero attached hydrogens (tertiary/aromatic N) is 2. The fourth-order valence-electron chi connectivity index (χ4n) is 4.03. The van der Waals surface area contributed by atoms with Gasteiger partial charge in [0.15, 0.2) is 0 Å². The Hall–Kier alpha value is -1.41. The summed E-state index contributed by atoms with van der Waals surface area (Å²) in [6.07, 6.45) is 3.95. The third-order valence-corrected chi connectivity index (χ3v) is 5.37. The number of aromatic amines is 1. The predicted molar refractivity (Wildman–Crippen MR) is 91.6 cm³/mol. The van der Waals surface area contributed by atoms with Gasteiger partial charge in [-0.2, -0.15) is 0 Å². The summed E-state index contributed by atoms with van der Waals surface area (Å²) in [4.78, 5) is 20.0. The monoisotopic (exact) mass is 349 g/mol. The summed E-state index contributed by atoms with van der Waals surface area (Å²) in [6, 6.07) is 3.67. The van der Waals surface area contributed by atoms with Crippen molar-refractivity contribution < 1.29 is 19.0 Å². The first-order chi connectivity index (χ1) is 12.2. The first-order valence-corrected chi connectivity index (χ1v) is 9.22. The van der Waals surface area contributed by atoms with Crippen molar-refractivity contribution in [2.45, 2.75) is 24.5 Å². The van der Waals surface area contributed by atoms with Crippen molar-refractivity contribution in [1.29, 1.82) is 0 Å². The molecule has 0 radical (unpaired) electrons. The second-order valence-electron chi connectivity index (χ2n) is 7.24. The van der Waals surface area contributed by atoms with Gasteiger partial charge in [-0.05, 0) is 25.0 Å². The van der Waals surface area contributed by atoms with Crippen LogP contribution in [0.3, 0.4) is 0 Å². The Morgan fingerprint density at radius 2 is 2.08 bits per heavy atom. The molecule has 1 spiro atoms. The Bertz CT molecular complexity index is 573. The maximum Gasteiger partial charge on any atom is 0.270 e. The maximum atomic E-state index is 12.7. The van der Waals surface area contributed by atoms with Crippen LogP contribution in [-0.4, -0.2) is 91.5 Å². The highest BCUT2D eigenvalue weighted by molar-refractivity contribution is 5.92. The second-order valence-corrected chi connectivity index (χ2v) is 7.24. The first kappa shape index (κ1) is 17.0. The van der Waals surface area contributed by atoms with E-state index < -0.39 is 0 Å². The third-order valence-electron chi connectivity index (χ3n) is 5.37. The van der Waals surface area contributed by atoms with E-state index in [2.05, 4.69) is 9.88 Å². The molecule has 1 N–H and O–H groups in total. The SMILES string of the molecule is O=C(c1ccc[nH]1)N1CCOC[C@]2(CC[C@@H](CN3CCOCC3)O2)C1. The molecule has 1 aromatic heterocycles. The minimum atomic E-state index is -0.365. The highest BCUT2D eigenvalue weighted by Gasteiger charge is 2.44. The van der Waals surface area contributed by atoms with Gasteiger partial charge in [0.05, 0.1) is 39.1 Å². The molecule has 3 aliphatic heterocycles. The van der Waals surface area contributed by atoms with E-state index in [4.69, 9.17) is 14.2 Å². The molecule has 3 fully saturated rings. The van der Waals surface area contributed by atoms with Crippen LogP contribution in [0.25, 0.3) is 0 Å². The van der Waals surface area contributed by atoms with Crippen molar-refractivity contribution in [3.63, 3.8) is 0 Å². The van der Waals surface area contributed by atoms with Crippen LogP contribution in [0.4, 0.5) is 0 Å². The molecule has 1 aromatic rings. The van der Waals surface area contributed by atoms with Crippen molar-refractivity contribution in [1.82, 2.24) is 14.8 Å². The van der Waals surface area contributed by atoms with Gasteiger partial charge in [-0.1, -0.05) is 0 Å². The number of H-pyrrole nitrogens is 1. The Balaban J connectivity index is 1.39. The molecule has 0 bridgehead atoms. The van der Waals surface area contributed by atoms with E-state index in [1.54, 1.807) is 6.20 Å². The lowest BCUT2D eigenvalue weighted by Crippen LogP contribution is -2.48. The van der Waals surface area contributed by atoms with Crippen LogP contribution in [0.5, 0.6) is 0 Å². The molecule has 7 nitrogen and oxygen atoms in total. The van der Waals surface area contributed by atoms with Crippen LogP contribution in [0.2, 0.25) is 0 Å². The van der Waals surface area contributed by atoms with Crippen molar-refractivity contribution in [3.8, 4) is 0 Å². The Labute approximate surface area is 148 Å². The second kappa shape index (κ2) is 7.45. The van der Waals surface area contributed by atoms with E-state index in [0.29, 0.717) is 32.0 Å². The normalized spacial score (nSPS) is 31.4. The van der Waals surface area contributed by atoms with Gasteiger partial charge in [0, 0.05) is 32.4 Å². The number of morpholine rings is 1. The smallest absolute Gasteiger partial charge is 0.270 e. The van der Waals surface area contributed by atoms with Crippen molar-refractivity contribution in [2.24, 2.45) is 0 Å². The highest BCUT2D eigenvalue weighted by atomic mass is 16.6. The number of ether oxygens (including phenoxy) is 3. The van der Waals surface area contributed by atoms with Gasteiger partial charge in [-0.25, -0.2) is 0 Å². The molecule has 3 aliphatic rings. The first-order valence-electron chi connectivity index (χ1n) is 9.22. The number of carbonyl (C=O) groups excluding carboxylic acids is 1. The molecule has 0 aliphatic carbocycles. The molecule has 4 heterocycles. The molecule has 1 amide bonds. The standard InChI is InChI=1S/C18H27N3O4/c22-17(16-2-1-5-19-16)21-8-11-24-14-18(13-21)4-3-15(25-18)12-20-6-9-23-10-7-20/h1-2,5,15,19H,3-4,6-14H2/t15-,18-/m0/s1. The fraction of sp³-hybridized carbons (Fsp3) is 0.722. The molecule has 4 rings (SSSR count). The van der Waals surface area contributed by atoms with Gasteiger partial charge in [-0.15, -0.1) is 0 Å². The van der Waals surface area contributed by atoms with E-state index in [0.717, 1.165) is 45.7 Å². The van der Waals surface area contributed by atoms with Gasteiger partial charge in [-0.3, -0.25) is 9.69 Å². The van der Waals surface area contributed by atoms with Crippen LogP contribution >= 0.6 is 0 Å². The summed E-state index contributed by atoms with van der Waals surface area (Å²) < 4.78 is 17.7. The number of hydrogen-bond donors (Lipinski definition) is 1. The Kier molecular flexibility index (Phi) is 5.08.